The number of fused-ring (bicyclic) bond motifs is 2. The largest absolute Gasteiger partial charge is 0.367 e. The lowest BCUT2D eigenvalue weighted by molar-refractivity contribution is 0.0160. The van der Waals surface area contributed by atoms with Crippen molar-refractivity contribution >= 4 is 11.6 Å². The summed E-state index contributed by atoms with van der Waals surface area (Å²) < 4.78 is 6.03. The van der Waals surface area contributed by atoms with Crippen LogP contribution in [-0.2, 0) is 11.2 Å². The molecule has 1 aromatic heterocycles. The second-order valence-corrected chi connectivity index (χ2v) is 6.25. The smallest absolute Gasteiger partial charge is 0.0983 e. The number of morpholine rings is 1. The van der Waals surface area contributed by atoms with Crippen molar-refractivity contribution in [3.63, 3.8) is 0 Å². The van der Waals surface area contributed by atoms with Gasteiger partial charge in [-0.25, -0.2) is 0 Å². The summed E-state index contributed by atoms with van der Waals surface area (Å²) >= 11 is 5.86. The molecule has 0 amide bonds. The van der Waals surface area contributed by atoms with Crippen molar-refractivity contribution in [2.75, 3.05) is 6.54 Å². The van der Waals surface area contributed by atoms with E-state index in [0.717, 1.165) is 25.1 Å². The number of pyridine rings is 1. The molecule has 2 fully saturated rings. The Morgan fingerprint density at radius 1 is 1.19 bits per heavy atom. The first-order valence-corrected chi connectivity index (χ1v) is 7.74. The Morgan fingerprint density at radius 3 is 2.67 bits per heavy atom. The fourth-order valence-corrected chi connectivity index (χ4v) is 3.34. The van der Waals surface area contributed by atoms with E-state index >= 15 is 0 Å². The molecule has 0 radical (unpaired) electrons. The van der Waals surface area contributed by atoms with E-state index < -0.39 is 0 Å². The highest BCUT2D eigenvalue weighted by Crippen LogP contribution is 2.36. The van der Waals surface area contributed by atoms with Crippen molar-refractivity contribution < 1.29 is 4.74 Å². The average Bonchev–Trinajstić information content (AvgIpc) is 3.13. The fourth-order valence-electron chi connectivity index (χ4n) is 3.23. The molecule has 2 aromatic rings. The SMILES string of the molecule is Clc1ccc(Cc2ccc([C@@H]3O[C@H]4CN[C@@H]3C4)cc2)nc1. The van der Waals surface area contributed by atoms with Crippen LogP contribution in [0.4, 0.5) is 0 Å². The summed E-state index contributed by atoms with van der Waals surface area (Å²) in [7, 11) is 0. The molecule has 1 aromatic carbocycles. The van der Waals surface area contributed by atoms with Crippen molar-refractivity contribution in [2.24, 2.45) is 0 Å². The second kappa shape index (κ2) is 5.41. The zero-order valence-electron chi connectivity index (χ0n) is 11.6. The highest BCUT2D eigenvalue weighted by molar-refractivity contribution is 6.30. The van der Waals surface area contributed by atoms with Crippen LogP contribution in [0.1, 0.15) is 29.3 Å². The molecule has 3 nitrogen and oxygen atoms in total. The van der Waals surface area contributed by atoms with Crippen LogP contribution >= 0.6 is 11.6 Å². The van der Waals surface area contributed by atoms with Gasteiger partial charge in [-0.05, 0) is 29.7 Å². The molecular formula is C17H17ClN2O. The first-order chi connectivity index (χ1) is 10.3. The van der Waals surface area contributed by atoms with Crippen LogP contribution in [-0.4, -0.2) is 23.7 Å². The number of aromatic nitrogens is 1. The van der Waals surface area contributed by atoms with E-state index in [1.807, 2.05) is 12.1 Å². The molecular weight excluding hydrogens is 284 g/mol. The Kier molecular flexibility index (Phi) is 3.42. The first-order valence-electron chi connectivity index (χ1n) is 7.36. The third kappa shape index (κ3) is 2.69. The molecule has 4 rings (SSSR count). The maximum atomic E-state index is 6.03. The fraction of sp³-hybridized carbons (Fsp3) is 0.353. The van der Waals surface area contributed by atoms with E-state index in [-0.39, 0.29) is 6.10 Å². The van der Waals surface area contributed by atoms with E-state index in [1.165, 1.54) is 11.1 Å². The van der Waals surface area contributed by atoms with Gasteiger partial charge >= 0.3 is 0 Å². The summed E-state index contributed by atoms with van der Waals surface area (Å²) in [6.07, 6.45) is 4.28. The number of rotatable bonds is 3. The van der Waals surface area contributed by atoms with Crippen LogP contribution in [0.5, 0.6) is 0 Å². The lowest BCUT2D eigenvalue weighted by atomic mass is 10.00. The van der Waals surface area contributed by atoms with E-state index in [4.69, 9.17) is 16.3 Å². The molecule has 1 N–H and O–H groups in total. The lowest BCUT2D eigenvalue weighted by Crippen LogP contribution is -2.33. The Balaban J connectivity index is 1.47. The molecule has 2 bridgehead atoms. The van der Waals surface area contributed by atoms with Gasteiger partial charge < -0.3 is 10.1 Å². The van der Waals surface area contributed by atoms with Gasteiger partial charge in [-0.15, -0.1) is 0 Å². The van der Waals surface area contributed by atoms with Gasteiger partial charge in [0.1, 0.15) is 0 Å². The van der Waals surface area contributed by atoms with Gasteiger partial charge in [-0.2, -0.15) is 0 Å². The summed E-state index contributed by atoms with van der Waals surface area (Å²) in [4.78, 5) is 4.34. The highest BCUT2D eigenvalue weighted by atomic mass is 35.5. The third-order valence-corrected chi connectivity index (χ3v) is 4.53. The Labute approximate surface area is 129 Å². The van der Waals surface area contributed by atoms with Crippen LogP contribution in [0.15, 0.2) is 42.6 Å². The predicted molar refractivity (Wildman–Crippen MR) is 82.5 cm³/mol. The molecule has 3 heterocycles. The van der Waals surface area contributed by atoms with Gasteiger partial charge in [0.05, 0.1) is 17.2 Å². The van der Waals surface area contributed by atoms with Crippen LogP contribution < -0.4 is 5.32 Å². The second-order valence-electron chi connectivity index (χ2n) is 5.82. The topological polar surface area (TPSA) is 34.1 Å². The van der Waals surface area contributed by atoms with Crippen LogP contribution in [0.3, 0.4) is 0 Å². The minimum absolute atomic E-state index is 0.214. The minimum Gasteiger partial charge on any atom is -0.367 e. The molecule has 0 spiro atoms. The zero-order valence-corrected chi connectivity index (χ0v) is 12.4. The maximum Gasteiger partial charge on any atom is 0.0983 e. The van der Waals surface area contributed by atoms with Crippen molar-refractivity contribution in [3.8, 4) is 0 Å². The molecule has 2 aliphatic rings. The Hall–Kier alpha value is -1.42. The molecule has 0 saturated carbocycles. The number of ether oxygens (including phenoxy) is 1. The number of hydrogen-bond donors (Lipinski definition) is 1. The molecule has 0 aliphatic carbocycles. The van der Waals surface area contributed by atoms with Gasteiger partial charge in [0.25, 0.3) is 0 Å². The minimum atomic E-state index is 0.214. The Bertz CT molecular complexity index is 626. The van der Waals surface area contributed by atoms with E-state index in [0.29, 0.717) is 17.2 Å². The lowest BCUT2D eigenvalue weighted by Gasteiger charge is -2.23. The number of benzene rings is 1. The standard InChI is InChI=1S/C17H17ClN2O/c18-13-5-6-14(19-9-13)7-11-1-3-12(4-2-11)17-16-8-15(21-17)10-20-16/h1-6,9,15-17,20H,7-8,10H2/t15-,16-,17+/m1/s1. The van der Waals surface area contributed by atoms with Gasteiger partial charge in [0.2, 0.25) is 0 Å². The molecule has 2 saturated heterocycles. The highest BCUT2D eigenvalue weighted by Gasteiger charge is 2.41. The molecule has 108 valence electrons. The molecule has 0 unspecified atom stereocenters. The van der Waals surface area contributed by atoms with Crippen molar-refractivity contribution in [3.05, 3.63) is 64.4 Å². The van der Waals surface area contributed by atoms with E-state index in [9.17, 15) is 0 Å². The van der Waals surface area contributed by atoms with E-state index in [2.05, 4.69) is 34.6 Å². The van der Waals surface area contributed by atoms with E-state index in [1.54, 1.807) is 6.20 Å². The average molecular weight is 301 g/mol. The molecule has 3 atom stereocenters. The first kappa shape index (κ1) is 13.3. The monoisotopic (exact) mass is 300 g/mol. The quantitative estimate of drug-likeness (QED) is 0.945. The summed E-state index contributed by atoms with van der Waals surface area (Å²) in [6.45, 7) is 1.00. The molecule has 2 aliphatic heterocycles. The van der Waals surface area contributed by atoms with Crippen LogP contribution in [0, 0.1) is 0 Å². The van der Waals surface area contributed by atoms with Crippen molar-refractivity contribution in [1.29, 1.82) is 0 Å². The maximum absolute atomic E-state index is 6.03. The number of nitrogens with zero attached hydrogens (tertiary/aromatic N) is 1. The van der Waals surface area contributed by atoms with Gasteiger partial charge in [-0.3, -0.25) is 4.98 Å². The van der Waals surface area contributed by atoms with Crippen molar-refractivity contribution in [2.45, 2.75) is 31.1 Å². The van der Waals surface area contributed by atoms with Gasteiger partial charge in [0, 0.05) is 30.9 Å². The third-order valence-electron chi connectivity index (χ3n) is 4.31. The molecule has 4 heteroatoms. The normalized spacial score (nSPS) is 27.2. The zero-order chi connectivity index (χ0) is 14.2. The summed E-state index contributed by atoms with van der Waals surface area (Å²) in [5, 5.41) is 4.19. The van der Waals surface area contributed by atoms with Crippen LogP contribution in [0.25, 0.3) is 0 Å². The summed E-state index contributed by atoms with van der Waals surface area (Å²) in [5.74, 6) is 0. The Morgan fingerprint density at radius 2 is 2.05 bits per heavy atom. The van der Waals surface area contributed by atoms with Crippen molar-refractivity contribution in [1.82, 2.24) is 10.3 Å². The number of nitrogens with one attached hydrogen (secondary N) is 1. The number of hydrogen-bond acceptors (Lipinski definition) is 3. The number of halogens is 1. The van der Waals surface area contributed by atoms with Gasteiger partial charge in [0.15, 0.2) is 0 Å². The van der Waals surface area contributed by atoms with Gasteiger partial charge in [-0.1, -0.05) is 35.9 Å². The predicted octanol–water partition coefficient (Wildman–Crippen LogP) is 3.13. The molecule has 21 heavy (non-hydrogen) atoms. The summed E-state index contributed by atoms with van der Waals surface area (Å²) in [5.41, 5.74) is 3.55. The summed E-state index contributed by atoms with van der Waals surface area (Å²) in [6, 6.07) is 13.0. The van der Waals surface area contributed by atoms with Crippen LogP contribution in [0.2, 0.25) is 5.02 Å².